The fourth-order valence-corrected chi connectivity index (χ4v) is 5.03. The predicted molar refractivity (Wildman–Crippen MR) is 111 cm³/mol. The quantitative estimate of drug-likeness (QED) is 0.722. The fraction of sp³-hybridized carbons (Fsp3) is 0.381. The van der Waals surface area contributed by atoms with Crippen molar-refractivity contribution in [3.63, 3.8) is 0 Å². The lowest BCUT2D eigenvalue weighted by Crippen LogP contribution is -2.51. The number of aryl methyl sites for hydroxylation is 1. The van der Waals surface area contributed by atoms with Gasteiger partial charge in [-0.1, -0.05) is 30.3 Å². The van der Waals surface area contributed by atoms with Gasteiger partial charge in [0.1, 0.15) is 10.7 Å². The van der Waals surface area contributed by atoms with Crippen molar-refractivity contribution in [2.75, 3.05) is 44.2 Å². The van der Waals surface area contributed by atoms with E-state index < -0.39 is 15.8 Å². The van der Waals surface area contributed by atoms with Crippen molar-refractivity contribution in [3.05, 3.63) is 59.9 Å². The highest BCUT2D eigenvalue weighted by Gasteiger charge is 2.31. The second kappa shape index (κ2) is 9.02. The molecule has 0 spiro atoms. The van der Waals surface area contributed by atoms with E-state index in [1.54, 1.807) is 4.90 Å². The highest BCUT2D eigenvalue weighted by molar-refractivity contribution is 7.89. The molecule has 1 fully saturated rings. The lowest BCUT2D eigenvalue weighted by atomic mass is 10.1. The van der Waals surface area contributed by atoms with Gasteiger partial charge in [0.15, 0.2) is 0 Å². The number of amides is 1. The maximum Gasteiger partial charge on any atom is 0.246 e. The van der Waals surface area contributed by atoms with Gasteiger partial charge >= 0.3 is 0 Å². The summed E-state index contributed by atoms with van der Waals surface area (Å²) in [7, 11) is -3.88. The van der Waals surface area contributed by atoms with Gasteiger partial charge in [0, 0.05) is 38.4 Å². The van der Waals surface area contributed by atoms with Crippen molar-refractivity contribution in [3.8, 4) is 0 Å². The minimum atomic E-state index is -3.88. The molecule has 0 unspecified atom stereocenters. The third-order valence-corrected chi connectivity index (χ3v) is 7.10. The van der Waals surface area contributed by atoms with Crippen molar-refractivity contribution in [2.45, 2.75) is 18.7 Å². The topological polar surface area (TPSA) is 60.9 Å². The second-order valence-electron chi connectivity index (χ2n) is 7.04. The van der Waals surface area contributed by atoms with E-state index in [1.807, 2.05) is 43.0 Å². The average molecular weight is 420 g/mol. The summed E-state index contributed by atoms with van der Waals surface area (Å²) in [6, 6.07) is 13.1. The molecule has 2 aromatic rings. The van der Waals surface area contributed by atoms with Gasteiger partial charge in [0.25, 0.3) is 0 Å². The van der Waals surface area contributed by atoms with Crippen LogP contribution in [-0.4, -0.2) is 62.8 Å². The van der Waals surface area contributed by atoms with E-state index in [1.165, 1.54) is 22.5 Å². The molecule has 0 aromatic heterocycles. The molecule has 1 heterocycles. The van der Waals surface area contributed by atoms with Crippen LogP contribution in [0.25, 0.3) is 0 Å². The van der Waals surface area contributed by atoms with E-state index in [0.717, 1.165) is 17.3 Å². The first-order valence-corrected chi connectivity index (χ1v) is 11.1. The van der Waals surface area contributed by atoms with Crippen LogP contribution in [0.15, 0.2) is 53.4 Å². The number of hydrogen-bond donors (Lipinski definition) is 0. The molecular formula is C21H26FN3O3S. The van der Waals surface area contributed by atoms with Crippen LogP contribution >= 0.6 is 0 Å². The molecule has 0 radical (unpaired) electrons. The Morgan fingerprint density at radius 1 is 1.03 bits per heavy atom. The molecule has 1 aliphatic heterocycles. The van der Waals surface area contributed by atoms with Crippen LogP contribution < -0.4 is 4.90 Å². The van der Waals surface area contributed by atoms with Gasteiger partial charge in [0.2, 0.25) is 15.9 Å². The molecule has 29 heavy (non-hydrogen) atoms. The summed E-state index contributed by atoms with van der Waals surface area (Å²) in [5, 5.41) is 0. The number of rotatable bonds is 6. The Labute approximate surface area is 171 Å². The smallest absolute Gasteiger partial charge is 0.246 e. The SMILES string of the molecule is CCN(C(=O)CN1CCN(S(=O)(=O)c2ccccc2F)CC1)c1ccccc1C. The molecule has 0 bridgehead atoms. The van der Waals surface area contributed by atoms with E-state index in [0.29, 0.717) is 19.6 Å². The van der Waals surface area contributed by atoms with Crippen molar-refractivity contribution in [1.82, 2.24) is 9.21 Å². The van der Waals surface area contributed by atoms with Crippen molar-refractivity contribution >= 4 is 21.6 Å². The first kappa shape index (κ1) is 21.4. The Bertz CT molecular complexity index is 973. The molecule has 6 nitrogen and oxygen atoms in total. The number of sulfonamides is 1. The van der Waals surface area contributed by atoms with Crippen LogP contribution in [0.4, 0.5) is 10.1 Å². The van der Waals surface area contributed by atoms with Crippen LogP contribution in [0.3, 0.4) is 0 Å². The van der Waals surface area contributed by atoms with Gasteiger partial charge in [0.05, 0.1) is 6.54 Å². The van der Waals surface area contributed by atoms with E-state index in [2.05, 4.69) is 0 Å². The van der Waals surface area contributed by atoms with Crippen molar-refractivity contribution < 1.29 is 17.6 Å². The summed E-state index contributed by atoms with van der Waals surface area (Å²) in [5.41, 5.74) is 1.92. The van der Waals surface area contributed by atoms with E-state index in [4.69, 9.17) is 0 Å². The number of piperazine rings is 1. The van der Waals surface area contributed by atoms with Crippen LogP contribution in [0.5, 0.6) is 0 Å². The molecule has 2 aromatic carbocycles. The van der Waals surface area contributed by atoms with Gasteiger partial charge in [-0.05, 0) is 37.6 Å². The fourth-order valence-electron chi connectivity index (χ4n) is 3.54. The standard InChI is InChI=1S/C21H26FN3O3S/c1-3-25(19-10-6-4-8-17(19)2)21(26)16-23-12-14-24(15-13-23)29(27,28)20-11-7-5-9-18(20)22/h4-11H,3,12-16H2,1-2H3. The summed E-state index contributed by atoms with van der Waals surface area (Å²) in [4.78, 5) is 16.2. The van der Waals surface area contributed by atoms with E-state index in [-0.39, 0.29) is 30.4 Å². The highest BCUT2D eigenvalue weighted by Crippen LogP contribution is 2.22. The number of anilines is 1. The van der Waals surface area contributed by atoms with Gasteiger partial charge in [-0.15, -0.1) is 0 Å². The number of hydrogen-bond acceptors (Lipinski definition) is 4. The monoisotopic (exact) mass is 419 g/mol. The minimum Gasteiger partial charge on any atom is -0.311 e. The number of carbonyl (C=O) groups excluding carboxylic acids is 1. The normalized spacial score (nSPS) is 16.0. The third kappa shape index (κ3) is 4.66. The first-order chi connectivity index (χ1) is 13.8. The number of halogens is 1. The Hall–Kier alpha value is -2.29. The zero-order chi connectivity index (χ0) is 21.0. The second-order valence-corrected chi connectivity index (χ2v) is 8.94. The van der Waals surface area contributed by atoms with Gasteiger partial charge in [-0.2, -0.15) is 4.31 Å². The number of carbonyl (C=O) groups is 1. The summed E-state index contributed by atoms with van der Waals surface area (Å²) < 4.78 is 40.6. The number of nitrogens with zero attached hydrogens (tertiary/aromatic N) is 3. The molecule has 1 saturated heterocycles. The summed E-state index contributed by atoms with van der Waals surface area (Å²) >= 11 is 0. The lowest BCUT2D eigenvalue weighted by molar-refractivity contribution is -0.120. The molecule has 0 N–H and O–H groups in total. The molecule has 1 amide bonds. The van der Waals surface area contributed by atoms with E-state index >= 15 is 0 Å². The Morgan fingerprint density at radius 3 is 2.28 bits per heavy atom. The van der Waals surface area contributed by atoms with Crippen molar-refractivity contribution in [2.24, 2.45) is 0 Å². The van der Waals surface area contributed by atoms with Crippen LogP contribution in [0.2, 0.25) is 0 Å². The third-order valence-electron chi connectivity index (χ3n) is 5.17. The Kier molecular flexibility index (Phi) is 6.66. The van der Waals surface area contributed by atoms with Gasteiger partial charge in [-0.25, -0.2) is 12.8 Å². The zero-order valence-corrected chi connectivity index (χ0v) is 17.5. The average Bonchev–Trinajstić information content (AvgIpc) is 2.70. The number of benzene rings is 2. The summed E-state index contributed by atoms with van der Waals surface area (Å²) in [5.74, 6) is -0.769. The largest absolute Gasteiger partial charge is 0.311 e. The minimum absolute atomic E-state index is 0.0211. The van der Waals surface area contributed by atoms with E-state index in [9.17, 15) is 17.6 Å². The van der Waals surface area contributed by atoms with Crippen LogP contribution in [-0.2, 0) is 14.8 Å². The van der Waals surface area contributed by atoms with Crippen LogP contribution in [0, 0.1) is 12.7 Å². The summed E-state index contributed by atoms with van der Waals surface area (Å²) in [6.45, 7) is 5.97. The van der Waals surface area contributed by atoms with Crippen molar-refractivity contribution in [1.29, 1.82) is 0 Å². The number of para-hydroxylation sites is 1. The molecule has 3 rings (SSSR count). The Balaban J connectivity index is 1.63. The summed E-state index contributed by atoms with van der Waals surface area (Å²) in [6.07, 6.45) is 0. The maximum absolute atomic E-state index is 13.9. The zero-order valence-electron chi connectivity index (χ0n) is 16.7. The number of likely N-dealkylation sites (N-methyl/N-ethyl adjacent to an activating group) is 1. The molecular weight excluding hydrogens is 393 g/mol. The molecule has 0 aliphatic carbocycles. The highest BCUT2D eigenvalue weighted by atomic mass is 32.2. The molecule has 156 valence electrons. The molecule has 0 atom stereocenters. The van der Waals surface area contributed by atoms with Gasteiger partial charge < -0.3 is 4.90 Å². The molecule has 1 aliphatic rings. The van der Waals surface area contributed by atoms with Crippen LogP contribution in [0.1, 0.15) is 12.5 Å². The Morgan fingerprint density at radius 2 is 1.66 bits per heavy atom. The predicted octanol–water partition coefficient (Wildman–Crippen LogP) is 2.49. The molecule has 8 heteroatoms. The first-order valence-electron chi connectivity index (χ1n) is 9.67. The molecule has 0 saturated carbocycles. The lowest BCUT2D eigenvalue weighted by Gasteiger charge is -2.34. The van der Waals surface area contributed by atoms with Gasteiger partial charge in [-0.3, -0.25) is 9.69 Å². The maximum atomic E-state index is 13.9.